The van der Waals surface area contributed by atoms with Gasteiger partial charge >= 0.3 is 0 Å². The van der Waals surface area contributed by atoms with E-state index in [2.05, 4.69) is 0 Å². The number of halogens is 1. The number of fused-ring (bicyclic) bond motifs is 1. The number of amides is 1. The van der Waals surface area contributed by atoms with E-state index in [1.807, 2.05) is 30.3 Å². The van der Waals surface area contributed by atoms with Crippen LogP contribution in [-0.4, -0.2) is 39.8 Å². The Bertz CT molecular complexity index is 1530. The van der Waals surface area contributed by atoms with Gasteiger partial charge in [0.15, 0.2) is 0 Å². The van der Waals surface area contributed by atoms with E-state index < -0.39 is 21.7 Å². The first-order valence-corrected chi connectivity index (χ1v) is 13.4. The highest BCUT2D eigenvalue weighted by atomic mass is 32.2. The number of nitrogens with two attached hydrogens (primary N) is 1. The highest BCUT2D eigenvalue weighted by Crippen LogP contribution is 2.41. The van der Waals surface area contributed by atoms with Crippen molar-refractivity contribution in [1.29, 1.82) is 0 Å². The number of sulfonamides is 1. The number of furan rings is 1. The van der Waals surface area contributed by atoms with Crippen LogP contribution in [0.4, 0.5) is 10.1 Å². The van der Waals surface area contributed by atoms with Crippen LogP contribution in [0.5, 0.6) is 0 Å². The van der Waals surface area contributed by atoms with Crippen molar-refractivity contribution >= 4 is 32.6 Å². The van der Waals surface area contributed by atoms with Gasteiger partial charge in [0, 0.05) is 29.2 Å². The molecule has 1 aliphatic rings. The molecule has 5 rings (SSSR count). The summed E-state index contributed by atoms with van der Waals surface area (Å²) in [7, 11) is -3.70. The van der Waals surface area contributed by atoms with Gasteiger partial charge in [-0.15, -0.1) is 0 Å². The van der Waals surface area contributed by atoms with Crippen LogP contribution in [0.15, 0.2) is 71.1 Å². The molecule has 0 bridgehead atoms. The second-order valence-corrected chi connectivity index (χ2v) is 10.7. The molecule has 1 aliphatic heterocycles. The second kappa shape index (κ2) is 9.40. The lowest BCUT2D eigenvalue weighted by Gasteiger charge is -2.27. The zero-order valence-electron chi connectivity index (χ0n) is 19.6. The average Bonchev–Trinajstić information content (AvgIpc) is 3.49. The summed E-state index contributed by atoms with van der Waals surface area (Å²) in [6.45, 7) is 0.742. The molecule has 9 heteroatoms. The van der Waals surface area contributed by atoms with Crippen LogP contribution in [0.3, 0.4) is 0 Å². The van der Waals surface area contributed by atoms with Crippen molar-refractivity contribution in [2.45, 2.75) is 18.9 Å². The highest BCUT2D eigenvalue weighted by molar-refractivity contribution is 7.92. The summed E-state index contributed by atoms with van der Waals surface area (Å²) in [6, 6.07) is 18.2. The molecule has 186 valence electrons. The van der Waals surface area contributed by atoms with Gasteiger partial charge in [-0.2, -0.15) is 0 Å². The van der Waals surface area contributed by atoms with Crippen LogP contribution in [0.2, 0.25) is 0 Å². The zero-order valence-corrected chi connectivity index (χ0v) is 20.4. The molecule has 1 aromatic heterocycles. The first kappa shape index (κ1) is 24.0. The van der Waals surface area contributed by atoms with Gasteiger partial charge in [-0.25, -0.2) is 12.8 Å². The van der Waals surface area contributed by atoms with Crippen molar-refractivity contribution < 1.29 is 26.8 Å². The standard InChI is InChI=1S/C27H25FN2O5S/c1-36(32,33)30(16-20-8-5-13-34-20)23-15-24-22(14-21(23)17-6-3-2-4-7-17)25(27(29)31)26(35-24)18-9-11-19(28)12-10-18/h2-4,6-7,9-12,14-15,20H,5,8,13,16H2,1H3,(H2,29,31). The number of anilines is 1. The molecule has 1 saturated heterocycles. The van der Waals surface area contributed by atoms with Crippen molar-refractivity contribution in [3.8, 4) is 22.5 Å². The number of hydrogen-bond acceptors (Lipinski definition) is 5. The summed E-state index contributed by atoms with van der Waals surface area (Å²) in [5.41, 5.74) is 8.43. The fourth-order valence-electron chi connectivity index (χ4n) is 4.62. The number of hydrogen-bond donors (Lipinski definition) is 1. The Morgan fingerprint density at radius 3 is 2.42 bits per heavy atom. The first-order valence-electron chi connectivity index (χ1n) is 11.5. The fraction of sp³-hybridized carbons (Fsp3) is 0.222. The average molecular weight is 509 g/mol. The van der Waals surface area contributed by atoms with Crippen molar-refractivity contribution in [1.82, 2.24) is 0 Å². The fourth-order valence-corrected chi connectivity index (χ4v) is 5.57. The summed E-state index contributed by atoms with van der Waals surface area (Å²) in [6.07, 6.45) is 2.55. The Hall–Kier alpha value is -3.69. The van der Waals surface area contributed by atoms with Crippen molar-refractivity contribution in [3.05, 3.63) is 78.1 Å². The van der Waals surface area contributed by atoms with Gasteiger partial charge in [0.1, 0.15) is 17.2 Å². The molecule has 2 N–H and O–H groups in total. The Morgan fingerprint density at radius 2 is 1.81 bits per heavy atom. The third-order valence-electron chi connectivity index (χ3n) is 6.31. The number of carbonyl (C=O) groups is 1. The monoisotopic (exact) mass is 508 g/mol. The van der Waals surface area contributed by atoms with E-state index in [1.165, 1.54) is 28.6 Å². The van der Waals surface area contributed by atoms with Crippen LogP contribution in [-0.2, 0) is 14.8 Å². The van der Waals surface area contributed by atoms with Gasteiger partial charge < -0.3 is 14.9 Å². The number of nitrogens with zero attached hydrogens (tertiary/aromatic N) is 1. The van der Waals surface area contributed by atoms with E-state index in [-0.39, 0.29) is 24.0 Å². The quantitative estimate of drug-likeness (QED) is 0.381. The Kier molecular flexibility index (Phi) is 6.27. The summed E-state index contributed by atoms with van der Waals surface area (Å²) >= 11 is 0. The predicted octanol–water partition coefficient (Wildman–Crippen LogP) is 4.95. The van der Waals surface area contributed by atoms with E-state index in [4.69, 9.17) is 14.9 Å². The maximum absolute atomic E-state index is 13.5. The van der Waals surface area contributed by atoms with Crippen molar-refractivity contribution in [3.63, 3.8) is 0 Å². The molecule has 3 aromatic carbocycles. The first-order chi connectivity index (χ1) is 17.2. The molecule has 0 saturated carbocycles. The topological polar surface area (TPSA) is 103 Å². The van der Waals surface area contributed by atoms with E-state index in [0.29, 0.717) is 34.4 Å². The molecular weight excluding hydrogens is 483 g/mol. The summed E-state index contributed by atoms with van der Waals surface area (Å²) in [4.78, 5) is 12.6. The molecule has 4 aromatic rings. The zero-order chi connectivity index (χ0) is 25.4. The van der Waals surface area contributed by atoms with Crippen molar-refractivity contribution in [2.75, 3.05) is 23.7 Å². The van der Waals surface area contributed by atoms with Crippen molar-refractivity contribution in [2.24, 2.45) is 5.73 Å². The van der Waals surface area contributed by atoms with E-state index in [1.54, 1.807) is 12.1 Å². The van der Waals surface area contributed by atoms with Gasteiger partial charge in [-0.05, 0) is 48.7 Å². The number of ether oxygens (including phenoxy) is 1. The summed E-state index contributed by atoms with van der Waals surface area (Å²) in [5, 5.41) is 0.440. The molecule has 1 unspecified atom stereocenters. The number of rotatable bonds is 7. The summed E-state index contributed by atoms with van der Waals surface area (Å²) in [5.74, 6) is -0.945. The molecular formula is C27H25FN2O5S. The lowest BCUT2D eigenvalue weighted by Crippen LogP contribution is -2.37. The second-order valence-electron chi connectivity index (χ2n) is 8.84. The van der Waals surface area contributed by atoms with Crippen LogP contribution in [0.1, 0.15) is 23.2 Å². The molecule has 7 nitrogen and oxygen atoms in total. The smallest absolute Gasteiger partial charge is 0.253 e. The lowest BCUT2D eigenvalue weighted by molar-refractivity contribution is 0.100. The van der Waals surface area contributed by atoms with Gasteiger partial charge in [-0.3, -0.25) is 9.10 Å². The van der Waals surface area contributed by atoms with Crippen LogP contribution < -0.4 is 10.0 Å². The molecule has 1 atom stereocenters. The molecule has 1 amide bonds. The van der Waals surface area contributed by atoms with Gasteiger partial charge in [0.2, 0.25) is 10.0 Å². The van der Waals surface area contributed by atoms with E-state index >= 15 is 0 Å². The Morgan fingerprint density at radius 1 is 1.08 bits per heavy atom. The molecule has 2 heterocycles. The SMILES string of the molecule is CS(=O)(=O)N(CC1CCCO1)c1cc2oc(-c3ccc(F)cc3)c(C(N)=O)c2cc1-c1ccccc1. The third kappa shape index (κ3) is 4.59. The van der Waals surface area contributed by atoms with Crippen LogP contribution in [0.25, 0.3) is 33.4 Å². The molecule has 1 fully saturated rings. The maximum atomic E-state index is 13.5. The largest absolute Gasteiger partial charge is 0.455 e. The maximum Gasteiger partial charge on any atom is 0.253 e. The van der Waals surface area contributed by atoms with Crippen LogP contribution in [0, 0.1) is 5.82 Å². The van der Waals surface area contributed by atoms with Crippen LogP contribution >= 0.6 is 0 Å². The minimum absolute atomic E-state index is 0.144. The number of primary amides is 1. The van der Waals surface area contributed by atoms with E-state index in [0.717, 1.165) is 24.7 Å². The minimum atomic E-state index is -3.70. The molecule has 36 heavy (non-hydrogen) atoms. The van der Waals surface area contributed by atoms with E-state index in [9.17, 15) is 17.6 Å². The number of benzene rings is 3. The Labute approximate surface area is 208 Å². The molecule has 0 radical (unpaired) electrons. The normalized spacial score (nSPS) is 15.9. The van der Waals surface area contributed by atoms with Gasteiger partial charge in [-0.1, -0.05) is 30.3 Å². The Balaban J connectivity index is 1.78. The summed E-state index contributed by atoms with van der Waals surface area (Å²) < 4.78 is 52.7. The molecule has 0 aliphatic carbocycles. The number of carbonyl (C=O) groups excluding carboxylic acids is 1. The lowest BCUT2D eigenvalue weighted by atomic mass is 9.98. The third-order valence-corrected chi connectivity index (χ3v) is 7.45. The van der Waals surface area contributed by atoms with Gasteiger partial charge in [0.05, 0.1) is 30.2 Å². The van der Waals surface area contributed by atoms with Gasteiger partial charge in [0.25, 0.3) is 5.91 Å². The highest BCUT2D eigenvalue weighted by Gasteiger charge is 2.29. The molecule has 0 spiro atoms. The minimum Gasteiger partial charge on any atom is -0.455 e. The predicted molar refractivity (Wildman–Crippen MR) is 137 cm³/mol.